The first kappa shape index (κ1) is 15.1. The highest BCUT2D eigenvalue weighted by atomic mass is 79.9. The van der Waals surface area contributed by atoms with Gasteiger partial charge in [0.2, 0.25) is 0 Å². The molecule has 0 saturated heterocycles. The lowest BCUT2D eigenvalue weighted by atomic mass is 10.0. The molecule has 2 atom stereocenters. The van der Waals surface area contributed by atoms with E-state index in [1.165, 1.54) is 6.20 Å². The first-order valence-electron chi connectivity index (χ1n) is 5.48. The third-order valence-electron chi connectivity index (χ3n) is 2.11. The molecule has 0 aliphatic carbocycles. The van der Waals surface area contributed by atoms with E-state index in [9.17, 15) is 9.90 Å². The van der Waals surface area contributed by atoms with Crippen molar-refractivity contribution in [3.05, 3.63) is 28.5 Å². The highest BCUT2D eigenvalue weighted by Gasteiger charge is 2.29. The van der Waals surface area contributed by atoms with Gasteiger partial charge >= 0.3 is 5.97 Å². The summed E-state index contributed by atoms with van der Waals surface area (Å²) in [4.78, 5) is 15.7. The Kier molecular flexibility index (Phi) is 4.84. The summed E-state index contributed by atoms with van der Waals surface area (Å²) in [6, 6.07) is 2.18. The number of carbonyl (C=O) groups is 1. The van der Waals surface area contributed by atoms with E-state index in [1.54, 1.807) is 32.9 Å². The van der Waals surface area contributed by atoms with Crippen LogP contribution in [0.1, 0.15) is 32.4 Å². The van der Waals surface area contributed by atoms with Gasteiger partial charge in [0, 0.05) is 11.8 Å². The Labute approximate surface area is 114 Å². The number of aliphatic hydroxyl groups is 1. The molecule has 1 aromatic rings. The maximum absolute atomic E-state index is 11.7. The van der Waals surface area contributed by atoms with Gasteiger partial charge in [0.05, 0.1) is 0 Å². The number of nitrogens with zero attached hydrogens (tertiary/aromatic N) is 1. The fourth-order valence-corrected chi connectivity index (χ4v) is 1.50. The van der Waals surface area contributed by atoms with Crippen LogP contribution in [0.25, 0.3) is 0 Å². The quantitative estimate of drug-likeness (QED) is 0.652. The summed E-state index contributed by atoms with van der Waals surface area (Å²) in [7, 11) is 0. The largest absolute Gasteiger partial charge is 0.459 e. The molecule has 0 fully saturated rings. The van der Waals surface area contributed by atoms with Crippen LogP contribution in [0, 0.1) is 0 Å². The lowest BCUT2D eigenvalue weighted by molar-refractivity contribution is -0.159. The minimum absolute atomic E-state index is 0.469. The van der Waals surface area contributed by atoms with Crippen molar-refractivity contribution < 1.29 is 14.6 Å². The molecule has 6 heteroatoms. The van der Waals surface area contributed by atoms with E-state index in [2.05, 4.69) is 20.9 Å². The second-order valence-corrected chi connectivity index (χ2v) is 5.73. The Morgan fingerprint density at radius 2 is 2.11 bits per heavy atom. The maximum atomic E-state index is 11.7. The lowest BCUT2D eigenvalue weighted by Crippen LogP contribution is -2.41. The summed E-state index contributed by atoms with van der Waals surface area (Å²) < 4.78 is 5.76. The molecule has 3 N–H and O–H groups in total. The van der Waals surface area contributed by atoms with Gasteiger partial charge < -0.3 is 15.6 Å². The van der Waals surface area contributed by atoms with Crippen molar-refractivity contribution in [1.82, 2.24) is 4.98 Å². The Balaban J connectivity index is 2.74. The maximum Gasteiger partial charge on any atom is 0.326 e. The number of nitrogens with two attached hydrogens (primary N) is 1. The van der Waals surface area contributed by atoms with E-state index in [0.717, 1.165) is 0 Å². The fourth-order valence-electron chi connectivity index (χ4n) is 1.27. The number of hydrogen-bond donors (Lipinski definition) is 2. The van der Waals surface area contributed by atoms with E-state index in [0.29, 0.717) is 10.2 Å². The summed E-state index contributed by atoms with van der Waals surface area (Å²) >= 11 is 3.18. The van der Waals surface area contributed by atoms with Gasteiger partial charge in [-0.1, -0.05) is 6.07 Å². The van der Waals surface area contributed by atoms with Crippen LogP contribution in [0.2, 0.25) is 0 Å². The summed E-state index contributed by atoms with van der Waals surface area (Å²) in [5.41, 5.74) is 5.51. The van der Waals surface area contributed by atoms with Gasteiger partial charge in [0.1, 0.15) is 22.4 Å². The number of halogens is 1. The minimum Gasteiger partial charge on any atom is -0.459 e. The van der Waals surface area contributed by atoms with Crippen LogP contribution >= 0.6 is 15.9 Å². The van der Waals surface area contributed by atoms with E-state index in [-0.39, 0.29) is 0 Å². The third kappa shape index (κ3) is 4.36. The number of pyridine rings is 1. The lowest BCUT2D eigenvalue weighted by Gasteiger charge is -2.24. The van der Waals surface area contributed by atoms with Crippen LogP contribution in [0.3, 0.4) is 0 Å². The summed E-state index contributed by atoms with van der Waals surface area (Å²) in [6.07, 6.45) is 0.319. The monoisotopic (exact) mass is 316 g/mol. The van der Waals surface area contributed by atoms with Crippen LogP contribution in [-0.4, -0.2) is 27.7 Å². The number of hydrogen-bond acceptors (Lipinski definition) is 5. The van der Waals surface area contributed by atoms with Gasteiger partial charge in [-0.15, -0.1) is 0 Å². The molecular weight excluding hydrogens is 300 g/mol. The Morgan fingerprint density at radius 1 is 1.50 bits per heavy atom. The van der Waals surface area contributed by atoms with Crippen molar-refractivity contribution in [3.63, 3.8) is 0 Å². The molecule has 1 rings (SSSR count). The predicted molar refractivity (Wildman–Crippen MR) is 70.7 cm³/mol. The molecule has 100 valence electrons. The highest BCUT2D eigenvalue weighted by molar-refractivity contribution is 9.10. The van der Waals surface area contributed by atoms with Crippen molar-refractivity contribution >= 4 is 21.9 Å². The van der Waals surface area contributed by atoms with Crippen LogP contribution < -0.4 is 5.73 Å². The van der Waals surface area contributed by atoms with Crippen molar-refractivity contribution in [3.8, 4) is 0 Å². The Morgan fingerprint density at radius 3 is 2.56 bits per heavy atom. The van der Waals surface area contributed by atoms with Gasteiger partial charge in [0.15, 0.2) is 0 Å². The molecule has 0 saturated carbocycles. The van der Waals surface area contributed by atoms with Gasteiger partial charge in [-0.2, -0.15) is 0 Å². The zero-order chi connectivity index (χ0) is 13.9. The average Bonchev–Trinajstić information content (AvgIpc) is 2.26. The minimum atomic E-state index is -1.14. The van der Waals surface area contributed by atoms with Crippen molar-refractivity contribution in [2.24, 2.45) is 5.73 Å². The van der Waals surface area contributed by atoms with Crippen molar-refractivity contribution in [1.29, 1.82) is 0 Å². The number of esters is 1. The van der Waals surface area contributed by atoms with Crippen LogP contribution in [0.15, 0.2) is 22.9 Å². The summed E-state index contributed by atoms with van der Waals surface area (Å²) in [5, 5.41) is 9.97. The number of rotatable bonds is 3. The molecule has 0 aliphatic heterocycles. The SMILES string of the molecule is CC(C)(C)OC(=O)[C@@H](N)[C@@H](O)c1ccc(Br)nc1. The van der Waals surface area contributed by atoms with Gasteiger partial charge in [-0.25, -0.2) is 4.98 Å². The second-order valence-electron chi connectivity index (χ2n) is 4.92. The first-order chi connectivity index (χ1) is 8.20. The Hall–Kier alpha value is -0.980. The molecule has 0 aliphatic rings. The van der Waals surface area contributed by atoms with E-state index in [4.69, 9.17) is 10.5 Å². The number of ether oxygens (including phenoxy) is 1. The average molecular weight is 317 g/mol. The van der Waals surface area contributed by atoms with Crippen LogP contribution in [-0.2, 0) is 9.53 Å². The number of aromatic nitrogens is 1. The standard InChI is InChI=1S/C12H17BrN2O3/c1-12(2,3)18-11(17)9(14)10(16)7-4-5-8(13)15-6-7/h4-6,9-10,16H,14H2,1-3H3/t9-,10-/m0/s1. The molecule has 1 heterocycles. The zero-order valence-electron chi connectivity index (χ0n) is 10.6. The first-order valence-corrected chi connectivity index (χ1v) is 6.28. The molecule has 0 unspecified atom stereocenters. The predicted octanol–water partition coefficient (Wildman–Crippen LogP) is 1.55. The molecule has 0 bridgehead atoms. The molecular formula is C12H17BrN2O3. The van der Waals surface area contributed by atoms with Crippen LogP contribution in [0.5, 0.6) is 0 Å². The molecule has 0 amide bonds. The van der Waals surface area contributed by atoms with Crippen LogP contribution in [0.4, 0.5) is 0 Å². The fraction of sp³-hybridized carbons (Fsp3) is 0.500. The summed E-state index contributed by atoms with van der Waals surface area (Å²) in [5.74, 6) is -0.641. The van der Waals surface area contributed by atoms with Crippen molar-refractivity contribution in [2.75, 3.05) is 0 Å². The number of aliphatic hydroxyl groups excluding tert-OH is 1. The number of carbonyl (C=O) groups excluding carboxylic acids is 1. The van der Waals surface area contributed by atoms with Gasteiger partial charge in [-0.3, -0.25) is 4.79 Å². The topological polar surface area (TPSA) is 85.4 Å². The smallest absolute Gasteiger partial charge is 0.326 e. The van der Waals surface area contributed by atoms with E-state index in [1.807, 2.05) is 0 Å². The summed E-state index contributed by atoms with van der Waals surface area (Å²) in [6.45, 7) is 5.22. The normalized spacial score (nSPS) is 15.0. The second kappa shape index (κ2) is 5.77. The van der Waals surface area contributed by atoms with E-state index < -0.39 is 23.7 Å². The molecule has 0 aromatic carbocycles. The van der Waals surface area contributed by atoms with Crippen molar-refractivity contribution in [2.45, 2.75) is 38.5 Å². The van der Waals surface area contributed by atoms with E-state index >= 15 is 0 Å². The third-order valence-corrected chi connectivity index (χ3v) is 2.58. The molecule has 0 radical (unpaired) electrons. The van der Waals surface area contributed by atoms with Gasteiger partial charge in [-0.05, 0) is 42.8 Å². The molecule has 18 heavy (non-hydrogen) atoms. The molecule has 5 nitrogen and oxygen atoms in total. The van der Waals surface area contributed by atoms with Gasteiger partial charge in [0.25, 0.3) is 0 Å². The zero-order valence-corrected chi connectivity index (χ0v) is 12.1. The molecule has 1 aromatic heterocycles. The Bertz CT molecular complexity index is 414. The highest BCUT2D eigenvalue weighted by Crippen LogP contribution is 2.19. The molecule has 0 spiro atoms.